The van der Waals surface area contributed by atoms with Gasteiger partial charge in [0.05, 0.1) is 16.5 Å². The fourth-order valence-electron chi connectivity index (χ4n) is 1.13. The van der Waals surface area contributed by atoms with Gasteiger partial charge in [-0.3, -0.25) is 4.79 Å². The Balaban J connectivity index is 2.40. The van der Waals surface area contributed by atoms with Crippen molar-refractivity contribution in [3.8, 4) is 0 Å². The largest absolute Gasteiger partial charge is 0.330 e. The lowest BCUT2D eigenvalue weighted by atomic mass is 10.3. The molecule has 1 aromatic rings. The van der Waals surface area contributed by atoms with Crippen molar-refractivity contribution >= 4 is 50.9 Å². The molecule has 0 saturated heterocycles. The SMILES string of the molecule is NCCCSCC(=O)Nc1ccc(Br)cc1Cl. The van der Waals surface area contributed by atoms with Crippen LogP contribution < -0.4 is 11.1 Å². The molecular formula is C11H14BrClN2OS. The molecule has 1 aromatic carbocycles. The van der Waals surface area contributed by atoms with Crippen LogP contribution in [0, 0.1) is 0 Å². The fourth-order valence-corrected chi connectivity index (χ4v) is 2.62. The number of carbonyl (C=O) groups excluding carboxylic acids is 1. The van der Waals surface area contributed by atoms with Gasteiger partial charge in [0.15, 0.2) is 0 Å². The average Bonchev–Trinajstić information content (AvgIpc) is 2.28. The van der Waals surface area contributed by atoms with Crippen molar-refractivity contribution in [3.63, 3.8) is 0 Å². The molecule has 3 nitrogen and oxygen atoms in total. The molecule has 0 aromatic heterocycles. The number of nitrogens with one attached hydrogen (secondary N) is 1. The summed E-state index contributed by atoms with van der Waals surface area (Å²) in [5.74, 6) is 1.28. The molecule has 0 spiro atoms. The highest BCUT2D eigenvalue weighted by Crippen LogP contribution is 2.25. The van der Waals surface area contributed by atoms with Gasteiger partial charge in [0.2, 0.25) is 5.91 Å². The number of hydrogen-bond acceptors (Lipinski definition) is 3. The van der Waals surface area contributed by atoms with Crippen molar-refractivity contribution in [2.24, 2.45) is 5.73 Å². The van der Waals surface area contributed by atoms with E-state index in [4.69, 9.17) is 17.3 Å². The van der Waals surface area contributed by atoms with Crippen LogP contribution in [0.3, 0.4) is 0 Å². The summed E-state index contributed by atoms with van der Waals surface area (Å²) in [5, 5.41) is 3.30. The fraction of sp³-hybridized carbons (Fsp3) is 0.364. The maximum Gasteiger partial charge on any atom is 0.234 e. The van der Waals surface area contributed by atoms with Gasteiger partial charge in [0.25, 0.3) is 0 Å². The lowest BCUT2D eigenvalue weighted by Crippen LogP contribution is -2.15. The zero-order valence-electron chi connectivity index (χ0n) is 9.21. The second-order valence-corrected chi connectivity index (χ2v) is 5.80. The van der Waals surface area contributed by atoms with Crippen molar-refractivity contribution in [2.45, 2.75) is 6.42 Å². The number of carbonyl (C=O) groups is 1. The van der Waals surface area contributed by atoms with E-state index in [9.17, 15) is 4.79 Å². The van der Waals surface area contributed by atoms with Gasteiger partial charge >= 0.3 is 0 Å². The van der Waals surface area contributed by atoms with Crippen LogP contribution in [-0.2, 0) is 4.79 Å². The van der Waals surface area contributed by atoms with Crippen LogP contribution in [0.5, 0.6) is 0 Å². The van der Waals surface area contributed by atoms with Crippen molar-refractivity contribution in [3.05, 3.63) is 27.7 Å². The second kappa shape index (κ2) is 7.97. The predicted octanol–water partition coefficient (Wildman–Crippen LogP) is 3.12. The minimum Gasteiger partial charge on any atom is -0.330 e. The first-order valence-corrected chi connectivity index (χ1v) is 7.48. The van der Waals surface area contributed by atoms with Crippen molar-refractivity contribution in [2.75, 3.05) is 23.4 Å². The summed E-state index contributed by atoms with van der Waals surface area (Å²) >= 11 is 10.9. The molecule has 0 heterocycles. The number of rotatable bonds is 6. The van der Waals surface area contributed by atoms with E-state index in [2.05, 4.69) is 21.2 Å². The zero-order valence-corrected chi connectivity index (χ0v) is 12.4. The second-order valence-electron chi connectivity index (χ2n) is 3.37. The topological polar surface area (TPSA) is 55.1 Å². The third-order valence-electron chi connectivity index (χ3n) is 1.93. The van der Waals surface area contributed by atoms with Gasteiger partial charge in [0.1, 0.15) is 0 Å². The number of benzene rings is 1. The maximum atomic E-state index is 11.6. The first-order valence-electron chi connectivity index (χ1n) is 5.16. The molecule has 0 aliphatic heterocycles. The number of halogens is 2. The number of amides is 1. The molecule has 0 saturated carbocycles. The average molecular weight is 338 g/mol. The summed E-state index contributed by atoms with van der Waals surface area (Å²) in [7, 11) is 0. The number of hydrogen-bond donors (Lipinski definition) is 2. The smallest absolute Gasteiger partial charge is 0.234 e. The summed E-state index contributed by atoms with van der Waals surface area (Å²) in [6, 6.07) is 5.36. The summed E-state index contributed by atoms with van der Waals surface area (Å²) in [6.07, 6.45) is 0.928. The Morgan fingerprint density at radius 1 is 1.53 bits per heavy atom. The van der Waals surface area contributed by atoms with Crippen LogP contribution in [0.1, 0.15) is 6.42 Å². The van der Waals surface area contributed by atoms with Gasteiger partial charge in [-0.15, -0.1) is 0 Å². The summed E-state index contributed by atoms with van der Waals surface area (Å²) in [5.41, 5.74) is 6.01. The molecule has 0 bridgehead atoms. The first-order chi connectivity index (χ1) is 8.13. The van der Waals surface area contributed by atoms with E-state index in [1.807, 2.05) is 6.07 Å². The number of nitrogens with two attached hydrogens (primary N) is 1. The molecule has 0 radical (unpaired) electrons. The highest BCUT2D eigenvalue weighted by atomic mass is 79.9. The Kier molecular flexibility index (Phi) is 6.96. The Morgan fingerprint density at radius 2 is 2.29 bits per heavy atom. The van der Waals surface area contributed by atoms with Crippen LogP contribution in [0.4, 0.5) is 5.69 Å². The Hall–Kier alpha value is -0.230. The Bertz CT molecular complexity index is 390. The Morgan fingerprint density at radius 3 is 2.94 bits per heavy atom. The normalized spacial score (nSPS) is 10.3. The summed E-state index contributed by atoms with van der Waals surface area (Å²) in [4.78, 5) is 11.6. The third-order valence-corrected chi connectivity index (χ3v) is 3.78. The standard InChI is InChI=1S/C11H14BrClN2OS/c12-8-2-3-10(9(13)6-8)15-11(16)7-17-5-1-4-14/h2-3,6H,1,4-5,7,14H2,(H,15,16). The van der Waals surface area contributed by atoms with Crippen LogP contribution in [0.2, 0.25) is 5.02 Å². The quantitative estimate of drug-likeness (QED) is 0.784. The van der Waals surface area contributed by atoms with Crippen molar-refractivity contribution in [1.82, 2.24) is 0 Å². The van der Waals surface area contributed by atoms with Crippen LogP contribution >= 0.6 is 39.3 Å². The highest BCUT2D eigenvalue weighted by molar-refractivity contribution is 9.10. The molecule has 1 amide bonds. The predicted molar refractivity (Wildman–Crippen MR) is 78.8 cm³/mol. The zero-order chi connectivity index (χ0) is 12.7. The molecule has 0 fully saturated rings. The highest BCUT2D eigenvalue weighted by Gasteiger charge is 2.06. The first kappa shape index (κ1) is 14.8. The molecule has 0 unspecified atom stereocenters. The minimum atomic E-state index is -0.0451. The van der Waals surface area contributed by atoms with E-state index in [0.29, 0.717) is 23.0 Å². The van der Waals surface area contributed by atoms with Gasteiger partial charge < -0.3 is 11.1 Å². The molecule has 0 aliphatic rings. The maximum absolute atomic E-state index is 11.6. The van der Waals surface area contributed by atoms with Crippen LogP contribution in [-0.4, -0.2) is 24.0 Å². The molecule has 0 aliphatic carbocycles. The van der Waals surface area contributed by atoms with Crippen LogP contribution in [0.25, 0.3) is 0 Å². The van der Waals surface area contributed by atoms with E-state index in [1.54, 1.807) is 23.9 Å². The Labute approximate surface area is 119 Å². The minimum absolute atomic E-state index is 0.0451. The monoisotopic (exact) mass is 336 g/mol. The molecule has 0 atom stereocenters. The molecule has 94 valence electrons. The number of anilines is 1. The number of thioether (sulfide) groups is 1. The molecule has 3 N–H and O–H groups in total. The third kappa shape index (κ3) is 5.77. The van der Waals surface area contributed by atoms with Gasteiger partial charge in [-0.1, -0.05) is 27.5 Å². The molecule has 17 heavy (non-hydrogen) atoms. The summed E-state index contributed by atoms with van der Waals surface area (Å²) < 4.78 is 0.887. The molecular weight excluding hydrogens is 324 g/mol. The lowest BCUT2D eigenvalue weighted by molar-refractivity contribution is -0.113. The van der Waals surface area contributed by atoms with Gasteiger partial charge in [-0.2, -0.15) is 11.8 Å². The molecule has 6 heteroatoms. The summed E-state index contributed by atoms with van der Waals surface area (Å²) in [6.45, 7) is 0.660. The van der Waals surface area contributed by atoms with E-state index >= 15 is 0 Å². The van der Waals surface area contributed by atoms with Gasteiger partial charge in [-0.05, 0) is 36.9 Å². The molecule has 1 rings (SSSR count). The van der Waals surface area contributed by atoms with E-state index < -0.39 is 0 Å². The van der Waals surface area contributed by atoms with Crippen LogP contribution in [0.15, 0.2) is 22.7 Å². The van der Waals surface area contributed by atoms with Crippen molar-refractivity contribution < 1.29 is 4.79 Å². The van der Waals surface area contributed by atoms with Gasteiger partial charge in [0, 0.05) is 4.47 Å². The van der Waals surface area contributed by atoms with E-state index in [1.165, 1.54) is 0 Å². The van der Waals surface area contributed by atoms with E-state index in [-0.39, 0.29) is 5.91 Å². The van der Waals surface area contributed by atoms with Gasteiger partial charge in [-0.25, -0.2) is 0 Å². The van der Waals surface area contributed by atoms with Crippen molar-refractivity contribution in [1.29, 1.82) is 0 Å². The lowest BCUT2D eigenvalue weighted by Gasteiger charge is -2.07. The van der Waals surface area contributed by atoms with E-state index in [0.717, 1.165) is 16.6 Å².